The van der Waals surface area contributed by atoms with E-state index in [2.05, 4.69) is 23.6 Å². The van der Waals surface area contributed by atoms with Gasteiger partial charge in [-0.15, -0.1) is 0 Å². The summed E-state index contributed by atoms with van der Waals surface area (Å²) in [6.07, 6.45) is 2.03. The molecule has 1 heterocycles. The fourth-order valence-electron chi connectivity index (χ4n) is 3.32. The van der Waals surface area contributed by atoms with Crippen LogP contribution in [-0.4, -0.2) is 66.0 Å². The average molecular weight is 336 g/mol. The second-order valence-corrected chi connectivity index (χ2v) is 7.13. The molecule has 1 atom stereocenters. The molecule has 0 spiro atoms. The zero-order valence-corrected chi connectivity index (χ0v) is 15.2. The zero-order chi connectivity index (χ0) is 17.5. The van der Waals surface area contributed by atoms with Crippen LogP contribution >= 0.6 is 0 Å². The minimum Gasteiger partial charge on any atom is -0.504 e. The maximum absolute atomic E-state index is 9.72. The second-order valence-electron chi connectivity index (χ2n) is 7.13. The summed E-state index contributed by atoms with van der Waals surface area (Å²) >= 11 is 0. The highest BCUT2D eigenvalue weighted by atomic mass is 16.5. The van der Waals surface area contributed by atoms with Crippen LogP contribution in [0.3, 0.4) is 0 Å². The van der Waals surface area contributed by atoms with Gasteiger partial charge in [0.25, 0.3) is 0 Å². The molecule has 136 valence electrons. The van der Waals surface area contributed by atoms with Crippen LogP contribution in [0.1, 0.15) is 32.3 Å². The van der Waals surface area contributed by atoms with Gasteiger partial charge in [-0.25, -0.2) is 0 Å². The molecule has 0 aliphatic carbocycles. The molecule has 0 aromatic heterocycles. The molecule has 5 heteroatoms. The number of aliphatic hydroxyl groups is 1. The molecule has 2 N–H and O–H groups in total. The number of rotatable bonds is 8. The number of aromatic hydroxyl groups is 1. The van der Waals surface area contributed by atoms with Crippen molar-refractivity contribution < 1.29 is 14.9 Å². The molecule has 1 aliphatic rings. The Labute approximate surface area is 145 Å². The van der Waals surface area contributed by atoms with Crippen molar-refractivity contribution >= 4 is 0 Å². The molecule has 1 aliphatic heterocycles. The van der Waals surface area contributed by atoms with Crippen molar-refractivity contribution in [1.29, 1.82) is 0 Å². The molecule has 1 saturated heterocycles. The Bertz CT molecular complexity index is 507. The first-order chi connectivity index (χ1) is 11.5. The van der Waals surface area contributed by atoms with Crippen LogP contribution in [0.5, 0.6) is 11.5 Å². The summed E-state index contributed by atoms with van der Waals surface area (Å²) in [6.45, 7) is 9.77. The number of aliphatic hydroxyl groups excluding tert-OH is 1. The number of nitrogens with zero attached hydrogens (tertiary/aromatic N) is 2. The molecular weight excluding hydrogens is 304 g/mol. The largest absolute Gasteiger partial charge is 0.504 e. The summed E-state index contributed by atoms with van der Waals surface area (Å²) in [7, 11) is 1.57. The fraction of sp³-hybridized carbons (Fsp3) is 0.684. The molecule has 5 nitrogen and oxygen atoms in total. The highest BCUT2D eigenvalue weighted by molar-refractivity contribution is 5.41. The van der Waals surface area contributed by atoms with Gasteiger partial charge in [0, 0.05) is 38.8 Å². The zero-order valence-electron chi connectivity index (χ0n) is 15.2. The van der Waals surface area contributed by atoms with Gasteiger partial charge in [0.2, 0.25) is 0 Å². The van der Waals surface area contributed by atoms with Gasteiger partial charge in [0.05, 0.1) is 7.11 Å². The van der Waals surface area contributed by atoms with Crippen molar-refractivity contribution in [2.45, 2.75) is 39.3 Å². The van der Waals surface area contributed by atoms with E-state index in [9.17, 15) is 10.2 Å². The molecule has 0 amide bonds. The van der Waals surface area contributed by atoms with Crippen LogP contribution in [0.2, 0.25) is 0 Å². The molecule has 1 aromatic rings. The Balaban J connectivity index is 1.95. The van der Waals surface area contributed by atoms with Gasteiger partial charge in [-0.3, -0.25) is 9.80 Å². The van der Waals surface area contributed by atoms with Crippen LogP contribution in [0.4, 0.5) is 0 Å². The van der Waals surface area contributed by atoms with Crippen molar-refractivity contribution in [3.05, 3.63) is 23.8 Å². The topological polar surface area (TPSA) is 56.2 Å². The van der Waals surface area contributed by atoms with E-state index in [1.54, 1.807) is 13.2 Å². The molecule has 0 unspecified atom stereocenters. The lowest BCUT2D eigenvalue weighted by molar-refractivity contribution is 0.0523. The lowest BCUT2D eigenvalue weighted by atomic mass is 10.0. The fourth-order valence-corrected chi connectivity index (χ4v) is 3.32. The molecule has 0 radical (unpaired) electrons. The molecule has 0 bridgehead atoms. The smallest absolute Gasteiger partial charge is 0.160 e. The van der Waals surface area contributed by atoms with Gasteiger partial charge in [0.1, 0.15) is 0 Å². The molecule has 1 aromatic carbocycles. The van der Waals surface area contributed by atoms with Gasteiger partial charge in [-0.2, -0.15) is 0 Å². The Morgan fingerprint density at radius 3 is 2.75 bits per heavy atom. The highest BCUT2D eigenvalue weighted by Gasteiger charge is 2.26. The van der Waals surface area contributed by atoms with E-state index in [0.717, 1.165) is 44.7 Å². The van der Waals surface area contributed by atoms with Gasteiger partial charge in [-0.1, -0.05) is 19.9 Å². The van der Waals surface area contributed by atoms with E-state index in [4.69, 9.17) is 4.74 Å². The number of hydrogen-bond donors (Lipinski definition) is 2. The van der Waals surface area contributed by atoms with Crippen LogP contribution < -0.4 is 4.74 Å². The molecule has 1 fully saturated rings. The Morgan fingerprint density at radius 1 is 1.29 bits per heavy atom. The van der Waals surface area contributed by atoms with E-state index in [-0.39, 0.29) is 12.4 Å². The van der Waals surface area contributed by atoms with Gasteiger partial charge in [0.15, 0.2) is 11.5 Å². The minimum atomic E-state index is 0.179. The first kappa shape index (κ1) is 19.0. The van der Waals surface area contributed by atoms with Crippen molar-refractivity contribution in [3.63, 3.8) is 0 Å². The standard InChI is InChI=1S/C19H32N2O3/c1-15(2)6-8-21-10-9-20(14-17(21)7-11-22)13-16-4-5-18(23)19(12-16)24-3/h4-5,12,15,17,22-23H,6-11,13-14H2,1-3H3/t17-/m1/s1. The normalized spacial score (nSPS) is 19.8. The van der Waals surface area contributed by atoms with Crippen LogP contribution in [-0.2, 0) is 6.54 Å². The number of phenolic OH excluding ortho intramolecular Hbond substituents is 1. The number of methoxy groups -OCH3 is 1. The third-order valence-corrected chi connectivity index (χ3v) is 4.80. The van der Waals surface area contributed by atoms with E-state index >= 15 is 0 Å². The Hall–Kier alpha value is -1.30. The molecule has 2 rings (SSSR count). The number of benzene rings is 1. The van der Waals surface area contributed by atoms with Crippen LogP contribution in [0.25, 0.3) is 0 Å². The molecule has 0 saturated carbocycles. The highest BCUT2D eigenvalue weighted by Crippen LogP contribution is 2.27. The lowest BCUT2D eigenvalue weighted by Crippen LogP contribution is -2.53. The summed E-state index contributed by atoms with van der Waals surface area (Å²) < 4.78 is 5.20. The number of phenols is 1. The summed E-state index contributed by atoms with van der Waals surface area (Å²) in [5.41, 5.74) is 1.14. The second kappa shape index (κ2) is 9.25. The average Bonchev–Trinajstić information content (AvgIpc) is 2.56. The van der Waals surface area contributed by atoms with Gasteiger partial charge < -0.3 is 14.9 Å². The van der Waals surface area contributed by atoms with Gasteiger partial charge >= 0.3 is 0 Å². The SMILES string of the molecule is COc1cc(CN2CCN(CCC(C)C)[C@H](CCO)C2)ccc1O. The predicted octanol–water partition coefficient (Wildman–Crippen LogP) is 2.32. The molecule has 24 heavy (non-hydrogen) atoms. The number of hydrogen-bond acceptors (Lipinski definition) is 5. The Kier molecular flexibility index (Phi) is 7.34. The maximum atomic E-state index is 9.72. The Morgan fingerprint density at radius 2 is 2.08 bits per heavy atom. The van der Waals surface area contributed by atoms with Crippen molar-refractivity contribution in [2.24, 2.45) is 5.92 Å². The van der Waals surface area contributed by atoms with E-state index < -0.39 is 0 Å². The third-order valence-electron chi connectivity index (χ3n) is 4.80. The predicted molar refractivity (Wildman–Crippen MR) is 96.5 cm³/mol. The summed E-state index contributed by atoms with van der Waals surface area (Å²) in [5, 5.41) is 19.1. The van der Waals surface area contributed by atoms with E-state index in [1.807, 2.05) is 12.1 Å². The first-order valence-corrected chi connectivity index (χ1v) is 8.96. The number of ether oxygens (including phenoxy) is 1. The van der Waals surface area contributed by atoms with Crippen molar-refractivity contribution in [3.8, 4) is 11.5 Å². The number of piperazine rings is 1. The quantitative estimate of drug-likeness (QED) is 0.763. The summed E-state index contributed by atoms with van der Waals surface area (Å²) in [6, 6.07) is 5.96. The van der Waals surface area contributed by atoms with E-state index in [1.165, 1.54) is 6.42 Å². The lowest BCUT2D eigenvalue weighted by Gasteiger charge is -2.41. The van der Waals surface area contributed by atoms with Crippen LogP contribution in [0.15, 0.2) is 18.2 Å². The van der Waals surface area contributed by atoms with Crippen LogP contribution in [0, 0.1) is 5.92 Å². The third kappa shape index (κ3) is 5.36. The molecular formula is C19H32N2O3. The summed E-state index contributed by atoms with van der Waals surface area (Å²) in [4.78, 5) is 4.96. The van der Waals surface area contributed by atoms with E-state index in [0.29, 0.717) is 17.7 Å². The van der Waals surface area contributed by atoms with Crippen molar-refractivity contribution in [1.82, 2.24) is 9.80 Å². The monoisotopic (exact) mass is 336 g/mol. The summed E-state index contributed by atoms with van der Waals surface area (Å²) in [5.74, 6) is 1.41. The first-order valence-electron chi connectivity index (χ1n) is 8.96. The van der Waals surface area contributed by atoms with Crippen molar-refractivity contribution in [2.75, 3.05) is 39.9 Å². The van der Waals surface area contributed by atoms with Gasteiger partial charge in [-0.05, 0) is 43.0 Å². The minimum absolute atomic E-state index is 0.179. The maximum Gasteiger partial charge on any atom is 0.160 e.